The van der Waals surface area contributed by atoms with E-state index < -0.39 is 6.04 Å². The van der Waals surface area contributed by atoms with Crippen LogP contribution < -0.4 is 10.6 Å². The molecule has 6 heteroatoms. The van der Waals surface area contributed by atoms with Crippen molar-refractivity contribution in [2.24, 2.45) is 0 Å². The minimum absolute atomic E-state index is 0.220. The number of benzene rings is 1. The number of halogens is 1. The summed E-state index contributed by atoms with van der Waals surface area (Å²) in [6, 6.07) is 5.19. The van der Waals surface area contributed by atoms with E-state index in [0.717, 1.165) is 0 Å². The summed E-state index contributed by atoms with van der Waals surface area (Å²) < 4.78 is 12.6. The molecule has 0 heterocycles. The van der Waals surface area contributed by atoms with Gasteiger partial charge in [-0.1, -0.05) is 0 Å². The molecule has 4 N–H and O–H groups in total. The van der Waals surface area contributed by atoms with E-state index >= 15 is 0 Å². The van der Waals surface area contributed by atoms with Gasteiger partial charge in [0.1, 0.15) is 5.82 Å². The van der Waals surface area contributed by atoms with Crippen molar-refractivity contribution in [1.29, 1.82) is 0 Å². The third-order valence-electron chi connectivity index (χ3n) is 1.88. The molecule has 0 spiro atoms. The third-order valence-corrected chi connectivity index (χ3v) is 2.10. The first-order valence-electron chi connectivity index (χ1n) is 4.70. The van der Waals surface area contributed by atoms with Crippen LogP contribution in [0.2, 0.25) is 0 Å². The first-order chi connectivity index (χ1) is 7.65. The molecule has 0 amide bonds. The molecule has 0 bridgehead atoms. The number of aliphatic hydroxyl groups excluding tert-OH is 2. The van der Waals surface area contributed by atoms with Crippen molar-refractivity contribution in [2.75, 3.05) is 18.5 Å². The maximum Gasteiger partial charge on any atom is 0.171 e. The van der Waals surface area contributed by atoms with Crippen molar-refractivity contribution in [3.63, 3.8) is 0 Å². The van der Waals surface area contributed by atoms with Gasteiger partial charge in [-0.3, -0.25) is 0 Å². The normalized spacial score (nSPS) is 10.2. The van der Waals surface area contributed by atoms with Crippen LogP contribution in [0.1, 0.15) is 0 Å². The van der Waals surface area contributed by atoms with Crippen molar-refractivity contribution >= 4 is 23.0 Å². The molecule has 0 aromatic heterocycles. The van der Waals surface area contributed by atoms with Gasteiger partial charge in [-0.25, -0.2) is 4.39 Å². The fourth-order valence-corrected chi connectivity index (χ4v) is 1.32. The zero-order valence-corrected chi connectivity index (χ0v) is 9.30. The SMILES string of the molecule is OCC(CO)NC(=S)Nc1ccc(F)cc1. The highest BCUT2D eigenvalue weighted by atomic mass is 32.1. The van der Waals surface area contributed by atoms with Gasteiger partial charge in [-0.05, 0) is 36.5 Å². The van der Waals surface area contributed by atoms with Crippen molar-refractivity contribution in [3.8, 4) is 0 Å². The fraction of sp³-hybridized carbons (Fsp3) is 0.300. The Morgan fingerprint density at radius 2 is 1.81 bits per heavy atom. The van der Waals surface area contributed by atoms with Crippen LogP contribution in [0.4, 0.5) is 10.1 Å². The Kier molecular flexibility index (Phi) is 5.10. The highest BCUT2D eigenvalue weighted by molar-refractivity contribution is 7.80. The highest BCUT2D eigenvalue weighted by Gasteiger charge is 2.06. The molecule has 0 saturated carbocycles. The van der Waals surface area contributed by atoms with Gasteiger partial charge < -0.3 is 20.8 Å². The van der Waals surface area contributed by atoms with E-state index in [0.29, 0.717) is 5.69 Å². The number of anilines is 1. The summed E-state index contributed by atoms with van der Waals surface area (Å²) in [7, 11) is 0. The van der Waals surface area contributed by atoms with Crippen LogP contribution in [0.3, 0.4) is 0 Å². The standard InChI is InChI=1S/C10H13FN2O2S/c11-7-1-3-8(4-2-7)12-10(16)13-9(5-14)6-15/h1-4,9,14-15H,5-6H2,(H2,12,13,16). The lowest BCUT2D eigenvalue weighted by Crippen LogP contribution is -2.42. The lowest BCUT2D eigenvalue weighted by atomic mass is 10.3. The van der Waals surface area contributed by atoms with Crippen LogP contribution in [-0.4, -0.2) is 34.6 Å². The minimum atomic E-state index is -0.500. The molecule has 16 heavy (non-hydrogen) atoms. The molecule has 88 valence electrons. The molecular formula is C10H13FN2O2S. The van der Waals surface area contributed by atoms with Gasteiger partial charge in [0.25, 0.3) is 0 Å². The largest absolute Gasteiger partial charge is 0.394 e. The van der Waals surface area contributed by atoms with Gasteiger partial charge in [-0.2, -0.15) is 0 Å². The van der Waals surface area contributed by atoms with Crippen molar-refractivity contribution < 1.29 is 14.6 Å². The molecular weight excluding hydrogens is 231 g/mol. The Hall–Kier alpha value is -1.24. The second-order valence-corrected chi connectivity index (χ2v) is 3.58. The molecule has 0 saturated heterocycles. The molecule has 1 aromatic carbocycles. The summed E-state index contributed by atoms with van der Waals surface area (Å²) in [5.41, 5.74) is 0.633. The summed E-state index contributed by atoms with van der Waals surface area (Å²) in [6.45, 7) is -0.441. The number of rotatable bonds is 4. The average molecular weight is 244 g/mol. The summed E-state index contributed by atoms with van der Waals surface area (Å²) >= 11 is 4.94. The van der Waals surface area contributed by atoms with Gasteiger partial charge >= 0.3 is 0 Å². The Morgan fingerprint density at radius 1 is 1.25 bits per heavy atom. The van der Waals surface area contributed by atoms with E-state index in [4.69, 9.17) is 22.4 Å². The summed E-state index contributed by atoms with van der Waals surface area (Å²) in [5, 5.41) is 23.4. The van der Waals surface area contributed by atoms with Gasteiger partial charge in [0.15, 0.2) is 5.11 Å². The Balaban J connectivity index is 2.48. The molecule has 0 unspecified atom stereocenters. The molecule has 0 fully saturated rings. The summed E-state index contributed by atoms with van der Waals surface area (Å²) in [5.74, 6) is -0.326. The van der Waals surface area contributed by atoms with E-state index in [1.807, 2.05) is 0 Å². The predicted octanol–water partition coefficient (Wildman–Crippen LogP) is 0.465. The zero-order valence-electron chi connectivity index (χ0n) is 8.48. The van der Waals surface area contributed by atoms with Crippen molar-refractivity contribution in [2.45, 2.75) is 6.04 Å². The quantitative estimate of drug-likeness (QED) is 0.580. The van der Waals surface area contributed by atoms with Gasteiger partial charge in [0.2, 0.25) is 0 Å². The number of nitrogens with one attached hydrogen (secondary N) is 2. The topological polar surface area (TPSA) is 64.5 Å². The van der Waals surface area contributed by atoms with E-state index in [1.54, 1.807) is 0 Å². The minimum Gasteiger partial charge on any atom is -0.394 e. The highest BCUT2D eigenvalue weighted by Crippen LogP contribution is 2.07. The third kappa shape index (κ3) is 4.09. The van der Waals surface area contributed by atoms with E-state index in [9.17, 15) is 4.39 Å². The second-order valence-electron chi connectivity index (χ2n) is 3.17. The maximum absolute atomic E-state index is 12.6. The molecule has 0 aliphatic carbocycles. The van der Waals surface area contributed by atoms with Crippen LogP contribution >= 0.6 is 12.2 Å². The summed E-state index contributed by atoms with van der Waals surface area (Å²) in [4.78, 5) is 0. The molecule has 0 atom stereocenters. The van der Waals surface area contributed by atoms with Crippen molar-refractivity contribution in [1.82, 2.24) is 5.32 Å². The molecule has 1 rings (SSSR count). The fourth-order valence-electron chi connectivity index (χ4n) is 1.03. The number of hydrogen-bond donors (Lipinski definition) is 4. The van der Waals surface area contributed by atoms with Crippen LogP contribution in [0, 0.1) is 5.82 Å². The Bertz CT molecular complexity index is 341. The molecule has 1 aromatic rings. The monoisotopic (exact) mass is 244 g/mol. The molecule has 0 aliphatic rings. The Labute approximate surface area is 98.1 Å². The van der Waals surface area contributed by atoms with Crippen molar-refractivity contribution in [3.05, 3.63) is 30.1 Å². The van der Waals surface area contributed by atoms with Crippen LogP contribution in [0.5, 0.6) is 0 Å². The smallest absolute Gasteiger partial charge is 0.171 e. The first kappa shape index (κ1) is 12.8. The summed E-state index contributed by atoms with van der Waals surface area (Å²) in [6.07, 6.45) is 0. The van der Waals surface area contributed by atoms with E-state index in [-0.39, 0.29) is 24.1 Å². The average Bonchev–Trinajstić information content (AvgIpc) is 2.29. The van der Waals surface area contributed by atoms with E-state index in [1.165, 1.54) is 24.3 Å². The van der Waals surface area contributed by atoms with Crippen LogP contribution in [0.25, 0.3) is 0 Å². The first-order valence-corrected chi connectivity index (χ1v) is 5.11. The Morgan fingerprint density at radius 3 is 2.31 bits per heavy atom. The van der Waals surface area contributed by atoms with Crippen LogP contribution in [-0.2, 0) is 0 Å². The zero-order chi connectivity index (χ0) is 12.0. The van der Waals surface area contributed by atoms with E-state index in [2.05, 4.69) is 10.6 Å². The van der Waals surface area contributed by atoms with Gasteiger partial charge in [0.05, 0.1) is 19.3 Å². The number of hydrogen-bond acceptors (Lipinski definition) is 3. The number of aliphatic hydroxyl groups is 2. The predicted molar refractivity (Wildman–Crippen MR) is 63.7 cm³/mol. The van der Waals surface area contributed by atoms with Crippen LogP contribution in [0.15, 0.2) is 24.3 Å². The molecule has 0 aliphatic heterocycles. The maximum atomic E-state index is 12.6. The second kappa shape index (κ2) is 6.37. The van der Waals surface area contributed by atoms with Gasteiger partial charge in [-0.15, -0.1) is 0 Å². The number of thiocarbonyl (C=S) groups is 1. The molecule has 0 radical (unpaired) electrons. The molecule has 4 nitrogen and oxygen atoms in total. The lowest BCUT2D eigenvalue weighted by molar-refractivity contribution is 0.184. The lowest BCUT2D eigenvalue weighted by Gasteiger charge is -2.16. The van der Waals surface area contributed by atoms with Gasteiger partial charge in [0, 0.05) is 5.69 Å².